The zero-order valence-electron chi connectivity index (χ0n) is 22.1. The van der Waals surface area contributed by atoms with Crippen LogP contribution in [0.25, 0.3) is 10.2 Å². The van der Waals surface area contributed by atoms with Crippen molar-refractivity contribution in [3.8, 4) is 5.75 Å². The highest BCUT2D eigenvalue weighted by Gasteiger charge is 2.31. The highest BCUT2D eigenvalue weighted by atomic mass is 32.2. The average Bonchev–Trinajstić information content (AvgIpc) is 3.40. The molecule has 1 saturated carbocycles. The average molecular weight is 565 g/mol. The lowest BCUT2D eigenvalue weighted by molar-refractivity contribution is 0.0985. The third-order valence-electron chi connectivity index (χ3n) is 7.13. The van der Waals surface area contributed by atoms with E-state index in [1.54, 1.807) is 53.0 Å². The molecule has 0 aliphatic heterocycles. The number of benzene rings is 2. The molecule has 39 heavy (non-hydrogen) atoms. The zero-order chi connectivity index (χ0) is 27.4. The summed E-state index contributed by atoms with van der Waals surface area (Å²) < 4.78 is 34.9. The summed E-state index contributed by atoms with van der Waals surface area (Å²) in [5.74, 6) is 0.447. The number of nitrogens with zero attached hydrogens (tertiary/aromatic N) is 4. The molecule has 1 fully saturated rings. The lowest BCUT2D eigenvalue weighted by atomic mass is 9.95. The van der Waals surface area contributed by atoms with Crippen LogP contribution in [-0.4, -0.2) is 48.3 Å². The van der Waals surface area contributed by atoms with E-state index in [0.29, 0.717) is 23.0 Å². The van der Waals surface area contributed by atoms with Crippen molar-refractivity contribution in [3.05, 3.63) is 78.1 Å². The number of carbonyl (C=O) groups excluding carboxylic acids is 1. The number of ether oxygens (including phenoxy) is 1. The number of carbonyl (C=O) groups is 1. The topological polar surface area (TPSA) is 92.7 Å². The molecule has 2 aromatic heterocycles. The predicted octanol–water partition coefficient (Wildman–Crippen LogP) is 5.89. The first-order chi connectivity index (χ1) is 18.9. The van der Waals surface area contributed by atoms with Crippen molar-refractivity contribution in [1.82, 2.24) is 14.3 Å². The molecular weight excluding hydrogens is 532 g/mol. The standard InChI is InChI=1S/C29H32N4O4S2/c1-3-33(23-9-5-4-6-10-23)39(35,36)25-14-11-22(12-15-25)28(34)32(20-21-8-7-17-30-19-21)29-31-26-16-13-24(37-2)18-27(26)38-29/h7-8,11-19,23H,3-6,9-10,20H2,1-2H3. The van der Waals surface area contributed by atoms with Crippen LogP contribution in [0.15, 0.2) is 71.9 Å². The Hall–Kier alpha value is -3.34. The molecule has 0 atom stereocenters. The van der Waals surface area contributed by atoms with E-state index in [4.69, 9.17) is 9.72 Å². The summed E-state index contributed by atoms with van der Waals surface area (Å²) in [5.41, 5.74) is 2.01. The van der Waals surface area contributed by atoms with Gasteiger partial charge in [0.2, 0.25) is 10.0 Å². The third-order valence-corrected chi connectivity index (χ3v) is 10.2. The van der Waals surface area contributed by atoms with E-state index in [2.05, 4.69) is 4.98 Å². The fourth-order valence-corrected chi connectivity index (χ4v) is 7.78. The van der Waals surface area contributed by atoms with Crippen molar-refractivity contribution in [3.63, 3.8) is 0 Å². The van der Waals surface area contributed by atoms with E-state index < -0.39 is 10.0 Å². The summed E-state index contributed by atoms with van der Waals surface area (Å²) in [7, 11) is -2.05. The predicted molar refractivity (Wildman–Crippen MR) is 154 cm³/mol. The smallest absolute Gasteiger partial charge is 0.260 e. The molecule has 204 valence electrons. The Balaban J connectivity index is 1.45. The van der Waals surface area contributed by atoms with Gasteiger partial charge in [-0.1, -0.05) is 43.6 Å². The van der Waals surface area contributed by atoms with Crippen molar-refractivity contribution < 1.29 is 17.9 Å². The van der Waals surface area contributed by atoms with Crippen molar-refractivity contribution in [1.29, 1.82) is 0 Å². The number of sulfonamides is 1. The van der Waals surface area contributed by atoms with Gasteiger partial charge in [0.1, 0.15) is 5.75 Å². The van der Waals surface area contributed by atoms with Crippen LogP contribution in [-0.2, 0) is 16.6 Å². The largest absolute Gasteiger partial charge is 0.497 e. The Morgan fingerprint density at radius 3 is 2.51 bits per heavy atom. The molecule has 1 aliphatic carbocycles. The molecule has 2 aromatic carbocycles. The monoisotopic (exact) mass is 564 g/mol. The second-order valence-corrected chi connectivity index (χ2v) is 12.5. The Kier molecular flexibility index (Phi) is 8.25. The number of hydrogen-bond acceptors (Lipinski definition) is 7. The molecule has 10 heteroatoms. The van der Waals surface area contributed by atoms with Gasteiger partial charge in [-0.3, -0.25) is 14.7 Å². The number of aromatic nitrogens is 2. The maximum atomic E-state index is 13.8. The molecule has 0 radical (unpaired) electrons. The lowest BCUT2D eigenvalue weighted by Gasteiger charge is -2.32. The van der Waals surface area contributed by atoms with Crippen LogP contribution in [0.4, 0.5) is 5.13 Å². The Bertz CT molecular complexity index is 1530. The van der Waals surface area contributed by atoms with Gasteiger partial charge in [-0.05, 0) is 66.9 Å². The third kappa shape index (κ3) is 5.83. The highest BCUT2D eigenvalue weighted by molar-refractivity contribution is 7.89. The maximum Gasteiger partial charge on any atom is 0.260 e. The van der Waals surface area contributed by atoms with E-state index >= 15 is 0 Å². The second-order valence-electron chi connectivity index (χ2n) is 9.61. The minimum Gasteiger partial charge on any atom is -0.497 e. The van der Waals surface area contributed by atoms with Crippen LogP contribution in [0.5, 0.6) is 5.75 Å². The van der Waals surface area contributed by atoms with Crippen LogP contribution in [0, 0.1) is 0 Å². The molecular formula is C29H32N4O4S2. The first-order valence-corrected chi connectivity index (χ1v) is 15.4. The number of methoxy groups -OCH3 is 1. The quantitative estimate of drug-likeness (QED) is 0.252. The fraction of sp³-hybridized carbons (Fsp3) is 0.345. The molecule has 2 heterocycles. The summed E-state index contributed by atoms with van der Waals surface area (Å²) in [6.07, 6.45) is 8.44. The van der Waals surface area contributed by atoms with Gasteiger partial charge in [-0.25, -0.2) is 13.4 Å². The molecule has 0 unspecified atom stereocenters. The number of anilines is 1. The van der Waals surface area contributed by atoms with Gasteiger partial charge in [-0.15, -0.1) is 0 Å². The van der Waals surface area contributed by atoms with Gasteiger partial charge in [0.25, 0.3) is 5.91 Å². The molecule has 0 saturated heterocycles. The Morgan fingerprint density at radius 1 is 1.08 bits per heavy atom. The van der Waals surface area contributed by atoms with E-state index in [-0.39, 0.29) is 23.4 Å². The lowest BCUT2D eigenvalue weighted by Crippen LogP contribution is -2.41. The van der Waals surface area contributed by atoms with Gasteiger partial charge >= 0.3 is 0 Å². The van der Waals surface area contributed by atoms with Crippen molar-refractivity contribution >= 4 is 42.6 Å². The first-order valence-electron chi connectivity index (χ1n) is 13.2. The van der Waals surface area contributed by atoms with E-state index in [1.807, 2.05) is 37.3 Å². The summed E-state index contributed by atoms with van der Waals surface area (Å²) in [5, 5.41) is 0.540. The SMILES string of the molecule is CCN(C1CCCCC1)S(=O)(=O)c1ccc(C(=O)N(Cc2cccnc2)c2nc3ccc(OC)cc3s2)cc1. The van der Waals surface area contributed by atoms with Gasteiger partial charge in [0.15, 0.2) is 5.13 Å². The normalized spacial score (nSPS) is 14.5. The number of amides is 1. The molecule has 5 rings (SSSR count). The van der Waals surface area contributed by atoms with E-state index in [9.17, 15) is 13.2 Å². The molecule has 4 aromatic rings. The van der Waals surface area contributed by atoms with Crippen LogP contribution in [0.2, 0.25) is 0 Å². The second kappa shape index (κ2) is 11.8. The van der Waals surface area contributed by atoms with Crippen molar-refractivity contribution in [2.45, 2.75) is 56.5 Å². The van der Waals surface area contributed by atoms with Crippen LogP contribution in [0.3, 0.4) is 0 Å². The molecule has 1 amide bonds. The highest BCUT2D eigenvalue weighted by Crippen LogP contribution is 2.33. The number of hydrogen-bond donors (Lipinski definition) is 0. The molecule has 0 N–H and O–H groups in total. The molecule has 0 spiro atoms. The van der Waals surface area contributed by atoms with Gasteiger partial charge in [-0.2, -0.15) is 4.31 Å². The maximum absolute atomic E-state index is 13.8. The van der Waals surface area contributed by atoms with Gasteiger partial charge < -0.3 is 4.74 Å². The number of fused-ring (bicyclic) bond motifs is 1. The summed E-state index contributed by atoms with van der Waals surface area (Å²) in [6.45, 7) is 2.58. The summed E-state index contributed by atoms with van der Waals surface area (Å²) in [4.78, 5) is 24.6. The van der Waals surface area contributed by atoms with E-state index in [1.165, 1.54) is 11.3 Å². The fourth-order valence-electron chi connectivity index (χ4n) is 5.09. The summed E-state index contributed by atoms with van der Waals surface area (Å²) in [6, 6.07) is 15.6. The molecule has 8 nitrogen and oxygen atoms in total. The van der Waals surface area contributed by atoms with Gasteiger partial charge in [0.05, 0.1) is 28.8 Å². The Morgan fingerprint density at radius 2 is 1.85 bits per heavy atom. The zero-order valence-corrected chi connectivity index (χ0v) is 23.7. The number of rotatable bonds is 9. The summed E-state index contributed by atoms with van der Waals surface area (Å²) >= 11 is 1.40. The van der Waals surface area contributed by atoms with Crippen molar-refractivity contribution in [2.75, 3.05) is 18.6 Å². The van der Waals surface area contributed by atoms with Crippen molar-refractivity contribution in [2.24, 2.45) is 0 Å². The minimum atomic E-state index is -3.66. The molecule has 1 aliphatic rings. The minimum absolute atomic E-state index is 0.0303. The first kappa shape index (κ1) is 27.2. The number of thiazole rings is 1. The molecule has 0 bridgehead atoms. The van der Waals surface area contributed by atoms with Crippen LogP contribution in [0.1, 0.15) is 54.9 Å². The number of pyridine rings is 1. The van der Waals surface area contributed by atoms with Crippen LogP contribution < -0.4 is 9.64 Å². The van der Waals surface area contributed by atoms with Gasteiger partial charge in [0, 0.05) is 30.5 Å². The van der Waals surface area contributed by atoms with Crippen LogP contribution >= 0.6 is 11.3 Å². The Labute approximate surface area is 233 Å². The van der Waals surface area contributed by atoms with E-state index in [0.717, 1.165) is 47.9 Å².